The Morgan fingerprint density at radius 2 is 1.95 bits per heavy atom. The zero-order valence-electron chi connectivity index (χ0n) is 10.6. The van der Waals surface area contributed by atoms with Crippen molar-refractivity contribution in [2.45, 2.75) is 13.0 Å². The third-order valence-electron chi connectivity index (χ3n) is 3.18. The van der Waals surface area contributed by atoms with E-state index in [1.807, 2.05) is 18.2 Å². The van der Waals surface area contributed by atoms with Crippen molar-refractivity contribution in [3.63, 3.8) is 0 Å². The average molecular weight is 392 g/mol. The van der Waals surface area contributed by atoms with Crippen molar-refractivity contribution < 1.29 is 9.90 Å². The van der Waals surface area contributed by atoms with Gasteiger partial charge in [-0.05, 0) is 20.2 Å². The van der Waals surface area contributed by atoms with Gasteiger partial charge < -0.3 is 5.11 Å². The van der Waals surface area contributed by atoms with Crippen molar-refractivity contribution in [1.29, 1.82) is 0 Å². The molecule has 0 spiro atoms. The van der Waals surface area contributed by atoms with Gasteiger partial charge >= 0.3 is 5.97 Å². The number of hydrogen-bond acceptors (Lipinski definition) is 4. The molecule has 0 amide bonds. The second-order valence-corrected chi connectivity index (χ2v) is 6.50. The molecule has 6 heteroatoms. The van der Waals surface area contributed by atoms with Gasteiger partial charge in [-0.15, -0.1) is 0 Å². The molecule has 0 unspecified atom stereocenters. The van der Waals surface area contributed by atoms with Crippen molar-refractivity contribution in [2.75, 3.05) is 26.2 Å². The molecule has 0 aliphatic carbocycles. The summed E-state index contributed by atoms with van der Waals surface area (Å²) in [5, 5.41) is 8.82. The normalized spacial score (nSPS) is 17.5. The molecule has 1 aliphatic heterocycles. The maximum absolute atomic E-state index is 10.7. The van der Waals surface area contributed by atoms with Crippen LogP contribution in [0.4, 0.5) is 0 Å². The first-order valence-electron chi connectivity index (χ1n) is 6.23. The fourth-order valence-electron chi connectivity index (χ4n) is 2.23. The molecule has 0 atom stereocenters. The second kappa shape index (κ2) is 7.47. The van der Waals surface area contributed by atoms with Crippen LogP contribution >= 0.6 is 30.3 Å². The van der Waals surface area contributed by atoms with E-state index >= 15 is 0 Å². The molecule has 0 bridgehead atoms. The summed E-state index contributed by atoms with van der Waals surface area (Å²) < 4.78 is 2.36. The van der Waals surface area contributed by atoms with Gasteiger partial charge in [-0.2, -0.15) is 0 Å². The van der Waals surface area contributed by atoms with Gasteiger partial charge in [0.2, 0.25) is 0 Å². The maximum Gasteiger partial charge on any atom is 0.307 e. The third kappa shape index (κ3) is 4.94. The Hall–Kier alpha value is -0.310. The minimum absolute atomic E-state index is 0.104. The van der Waals surface area contributed by atoms with E-state index in [0.29, 0.717) is 0 Å². The first-order chi connectivity index (χ1) is 9.17. The first kappa shape index (κ1) is 15.1. The minimum Gasteiger partial charge on any atom is -0.481 e. The predicted octanol–water partition coefficient (Wildman–Crippen LogP) is 2.43. The molecule has 19 heavy (non-hydrogen) atoms. The molecular formula is C13H17IN2O2S. The molecule has 1 fully saturated rings. The van der Waals surface area contributed by atoms with E-state index < -0.39 is 5.97 Å². The Kier molecular flexibility index (Phi) is 5.93. The molecule has 4 nitrogen and oxygen atoms in total. The summed E-state index contributed by atoms with van der Waals surface area (Å²) in [6.45, 7) is 5.22. The van der Waals surface area contributed by atoms with Crippen molar-refractivity contribution in [2.24, 2.45) is 0 Å². The molecule has 0 aromatic heterocycles. The number of carboxylic acid groups (broad SMARTS) is 1. The molecule has 1 saturated heterocycles. The number of piperazine rings is 1. The molecule has 1 aromatic rings. The van der Waals surface area contributed by atoms with Gasteiger partial charge in [0, 0.05) is 53.9 Å². The quantitative estimate of drug-likeness (QED) is 0.616. The first-order valence-corrected chi connectivity index (χ1v) is 9.54. The standard InChI is InChI=1S/C13H17IN2O2S/c14-19-16-6-4-15(5-7-16)10-12-3-1-2-11(8-12)9-13(17)18/h1-3,8H,4-7,9-10H2,(H,17,18). The molecular weight excluding hydrogens is 375 g/mol. The van der Waals surface area contributed by atoms with Crippen LogP contribution in [0.2, 0.25) is 0 Å². The van der Waals surface area contributed by atoms with Gasteiger partial charge in [0.1, 0.15) is 0 Å². The van der Waals surface area contributed by atoms with Crippen LogP contribution in [-0.4, -0.2) is 46.5 Å². The van der Waals surface area contributed by atoms with E-state index in [1.54, 1.807) is 9.12 Å². The fraction of sp³-hybridized carbons (Fsp3) is 0.462. The van der Waals surface area contributed by atoms with E-state index in [9.17, 15) is 4.79 Å². The lowest BCUT2D eigenvalue weighted by Crippen LogP contribution is -2.42. The summed E-state index contributed by atoms with van der Waals surface area (Å²) in [6, 6.07) is 7.91. The largest absolute Gasteiger partial charge is 0.481 e. The highest BCUT2D eigenvalue weighted by Crippen LogP contribution is 2.20. The second-order valence-electron chi connectivity index (χ2n) is 4.66. The van der Waals surface area contributed by atoms with Crippen molar-refractivity contribution in [3.8, 4) is 0 Å². The number of benzene rings is 1. The number of hydrogen-bond donors (Lipinski definition) is 1. The highest BCUT2D eigenvalue weighted by Gasteiger charge is 2.16. The van der Waals surface area contributed by atoms with Crippen LogP contribution in [0.1, 0.15) is 11.1 Å². The zero-order valence-corrected chi connectivity index (χ0v) is 13.6. The van der Waals surface area contributed by atoms with Crippen molar-refractivity contribution in [1.82, 2.24) is 9.21 Å². The van der Waals surface area contributed by atoms with E-state index in [4.69, 9.17) is 5.11 Å². The Bertz CT molecular complexity index is 436. The number of carboxylic acids is 1. The molecule has 104 valence electrons. The monoisotopic (exact) mass is 392 g/mol. The van der Waals surface area contributed by atoms with Crippen molar-refractivity contribution in [3.05, 3.63) is 35.4 Å². The molecule has 0 saturated carbocycles. The summed E-state index contributed by atoms with van der Waals surface area (Å²) >= 11 is 2.32. The number of carbonyl (C=O) groups is 1. The Morgan fingerprint density at radius 1 is 1.26 bits per heavy atom. The highest BCUT2D eigenvalue weighted by atomic mass is 127. The lowest BCUT2D eigenvalue weighted by atomic mass is 10.1. The predicted molar refractivity (Wildman–Crippen MR) is 86.2 cm³/mol. The van der Waals surface area contributed by atoms with Crippen LogP contribution in [-0.2, 0) is 17.8 Å². The van der Waals surface area contributed by atoms with Crippen LogP contribution in [0.3, 0.4) is 0 Å². The van der Waals surface area contributed by atoms with Gasteiger partial charge in [-0.1, -0.05) is 24.3 Å². The summed E-state index contributed by atoms with van der Waals surface area (Å²) in [7, 11) is 1.77. The molecule has 2 rings (SSSR count). The van der Waals surface area contributed by atoms with Crippen LogP contribution in [0.25, 0.3) is 0 Å². The SMILES string of the molecule is O=C(O)Cc1cccc(CN2CCN(SI)CC2)c1. The minimum atomic E-state index is -0.773. The van der Waals surface area contributed by atoms with E-state index in [1.165, 1.54) is 5.56 Å². The van der Waals surface area contributed by atoms with Crippen LogP contribution in [0, 0.1) is 0 Å². The smallest absolute Gasteiger partial charge is 0.307 e. The van der Waals surface area contributed by atoms with Crippen LogP contribution in [0.15, 0.2) is 24.3 Å². The lowest BCUT2D eigenvalue weighted by molar-refractivity contribution is -0.136. The molecule has 1 N–H and O–H groups in total. The van der Waals surface area contributed by atoms with Gasteiger partial charge in [-0.25, -0.2) is 4.31 Å². The Balaban J connectivity index is 1.90. The number of halogens is 1. The van der Waals surface area contributed by atoms with E-state index in [2.05, 4.69) is 36.5 Å². The van der Waals surface area contributed by atoms with Gasteiger partial charge in [0.05, 0.1) is 6.42 Å². The zero-order chi connectivity index (χ0) is 13.7. The number of rotatable bonds is 5. The average Bonchev–Trinajstić information content (AvgIpc) is 2.39. The van der Waals surface area contributed by atoms with Crippen LogP contribution < -0.4 is 0 Å². The Morgan fingerprint density at radius 3 is 2.58 bits per heavy atom. The molecule has 1 aromatic carbocycles. The topological polar surface area (TPSA) is 43.8 Å². The Labute approximate surface area is 129 Å². The summed E-state index contributed by atoms with van der Waals surface area (Å²) in [5.41, 5.74) is 2.08. The number of nitrogens with zero attached hydrogens (tertiary/aromatic N) is 2. The van der Waals surface area contributed by atoms with Gasteiger partial charge in [0.25, 0.3) is 0 Å². The molecule has 1 aliphatic rings. The van der Waals surface area contributed by atoms with Crippen molar-refractivity contribution >= 4 is 36.3 Å². The maximum atomic E-state index is 10.7. The number of aliphatic carboxylic acids is 1. The third-order valence-corrected chi connectivity index (χ3v) is 5.41. The van der Waals surface area contributed by atoms with Gasteiger partial charge in [0.15, 0.2) is 0 Å². The summed E-state index contributed by atoms with van der Waals surface area (Å²) in [6.07, 6.45) is 0.104. The van der Waals surface area contributed by atoms with E-state index in [0.717, 1.165) is 38.3 Å². The molecule has 1 heterocycles. The van der Waals surface area contributed by atoms with E-state index in [-0.39, 0.29) is 6.42 Å². The fourth-order valence-corrected chi connectivity index (χ4v) is 3.71. The highest BCUT2D eigenvalue weighted by molar-refractivity contribution is 14.2. The summed E-state index contributed by atoms with van der Waals surface area (Å²) in [4.78, 5) is 13.1. The van der Waals surface area contributed by atoms with Gasteiger partial charge in [-0.3, -0.25) is 9.69 Å². The summed E-state index contributed by atoms with van der Waals surface area (Å²) in [5.74, 6) is -0.773. The molecule has 0 radical (unpaired) electrons. The van der Waals surface area contributed by atoms with Crippen LogP contribution in [0.5, 0.6) is 0 Å². The lowest BCUT2D eigenvalue weighted by Gasteiger charge is -2.32.